The normalized spacial score (nSPS) is 31.1. The summed E-state index contributed by atoms with van der Waals surface area (Å²) in [6, 6.07) is 0.793. The molecule has 2 heteroatoms. The van der Waals surface area contributed by atoms with Crippen LogP contribution in [-0.4, -0.2) is 17.2 Å². The second-order valence-electron chi connectivity index (χ2n) is 3.24. The molecule has 1 N–H and O–H groups in total. The van der Waals surface area contributed by atoms with Crippen LogP contribution in [0.3, 0.4) is 0 Å². The number of thioether (sulfide) groups is 1. The Morgan fingerprint density at radius 2 is 2.27 bits per heavy atom. The third kappa shape index (κ3) is 3.04. The predicted octanol–water partition coefficient (Wildman–Crippen LogP) is 2.62. The molecule has 0 aromatic rings. The predicted molar refractivity (Wildman–Crippen MR) is 53.0 cm³/mol. The van der Waals surface area contributed by atoms with Crippen LogP contribution in [0.15, 0.2) is 0 Å². The lowest BCUT2D eigenvalue weighted by atomic mass is 10.2. The molecule has 1 aliphatic heterocycles. The largest absolute Gasteiger partial charge is 0.302 e. The molecule has 1 fully saturated rings. The molecule has 1 heterocycles. The lowest BCUT2D eigenvalue weighted by Gasteiger charge is -2.10. The molecule has 0 amide bonds. The minimum absolute atomic E-state index is 0.764. The van der Waals surface area contributed by atoms with E-state index in [1.807, 2.05) is 0 Å². The van der Waals surface area contributed by atoms with Gasteiger partial charge in [-0.25, -0.2) is 0 Å². The summed E-state index contributed by atoms with van der Waals surface area (Å²) in [5, 5.41) is 4.40. The number of unbranched alkanes of at least 4 members (excludes halogenated alkanes) is 1. The summed E-state index contributed by atoms with van der Waals surface area (Å²) >= 11 is 2.10. The first kappa shape index (κ1) is 9.40. The van der Waals surface area contributed by atoms with Crippen molar-refractivity contribution in [2.24, 2.45) is 0 Å². The van der Waals surface area contributed by atoms with Gasteiger partial charge in [0.25, 0.3) is 0 Å². The molecule has 66 valence electrons. The van der Waals surface area contributed by atoms with Crippen LogP contribution in [0.4, 0.5) is 0 Å². The first-order valence-electron chi connectivity index (χ1n) is 4.74. The molecule has 0 spiro atoms. The van der Waals surface area contributed by atoms with Gasteiger partial charge in [-0.15, -0.1) is 11.8 Å². The topological polar surface area (TPSA) is 12.0 Å². The fourth-order valence-electron chi connectivity index (χ4n) is 1.38. The Kier molecular flexibility index (Phi) is 4.31. The van der Waals surface area contributed by atoms with Crippen LogP contribution >= 0.6 is 11.8 Å². The van der Waals surface area contributed by atoms with E-state index in [-0.39, 0.29) is 0 Å². The van der Waals surface area contributed by atoms with Gasteiger partial charge in [0.1, 0.15) is 0 Å². The van der Waals surface area contributed by atoms with Crippen LogP contribution in [0.25, 0.3) is 0 Å². The maximum atomic E-state index is 3.64. The van der Waals surface area contributed by atoms with Crippen LogP contribution in [0.5, 0.6) is 0 Å². The highest BCUT2D eigenvalue weighted by Crippen LogP contribution is 2.23. The zero-order chi connectivity index (χ0) is 8.10. The van der Waals surface area contributed by atoms with Crippen molar-refractivity contribution in [3.05, 3.63) is 0 Å². The SMILES string of the molecule is CCCCC1NC(CC)CS1. The van der Waals surface area contributed by atoms with Crippen LogP contribution in [0, 0.1) is 0 Å². The molecule has 1 nitrogen and oxygen atoms in total. The molecule has 0 radical (unpaired) electrons. The van der Waals surface area contributed by atoms with Gasteiger partial charge in [0.15, 0.2) is 0 Å². The molecule has 1 saturated heterocycles. The van der Waals surface area contributed by atoms with Crippen molar-refractivity contribution in [1.82, 2.24) is 5.32 Å². The van der Waals surface area contributed by atoms with Crippen LogP contribution in [0.2, 0.25) is 0 Å². The van der Waals surface area contributed by atoms with Crippen molar-refractivity contribution < 1.29 is 0 Å². The third-order valence-electron chi connectivity index (χ3n) is 2.23. The molecule has 0 aliphatic carbocycles. The Labute approximate surface area is 74.3 Å². The smallest absolute Gasteiger partial charge is 0.0535 e. The quantitative estimate of drug-likeness (QED) is 0.701. The van der Waals surface area contributed by atoms with Gasteiger partial charge in [-0.05, 0) is 12.8 Å². The maximum Gasteiger partial charge on any atom is 0.0535 e. The van der Waals surface area contributed by atoms with Crippen molar-refractivity contribution in [3.63, 3.8) is 0 Å². The number of hydrogen-bond donors (Lipinski definition) is 1. The van der Waals surface area contributed by atoms with E-state index in [0.717, 1.165) is 11.4 Å². The third-order valence-corrected chi connectivity index (χ3v) is 3.60. The fourth-order valence-corrected chi connectivity index (χ4v) is 2.80. The average Bonchev–Trinajstić information content (AvgIpc) is 2.48. The van der Waals surface area contributed by atoms with Crippen LogP contribution < -0.4 is 5.32 Å². The molecule has 1 aliphatic rings. The zero-order valence-corrected chi connectivity index (χ0v) is 8.41. The van der Waals surface area contributed by atoms with E-state index in [1.165, 1.54) is 31.4 Å². The van der Waals surface area contributed by atoms with Crippen molar-refractivity contribution >= 4 is 11.8 Å². The Balaban J connectivity index is 2.09. The van der Waals surface area contributed by atoms with Crippen LogP contribution in [-0.2, 0) is 0 Å². The average molecular weight is 173 g/mol. The second-order valence-corrected chi connectivity index (χ2v) is 4.47. The van der Waals surface area contributed by atoms with Gasteiger partial charge in [0, 0.05) is 11.8 Å². The van der Waals surface area contributed by atoms with E-state index in [9.17, 15) is 0 Å². The van der Waals surface area contributed by atoms with Crippen molar-refractivity contribution in [1.29, 1.82) is 0 Å². The Bertz CT molecular complexity index is 106. The summed E-state index contributed by atoms with van der Waals surface area (Å²) in [6.45, 7) is 4.53. The lowest BCUT2D eigenvalue weighted by Crippen LogP contribution is -2.28. The summed E-state index contributed by atoms with van der Waals surface area (Å²) in [4.78, 5) is 0. The molecule has 0 bridgehead atoms. The summed E-state index contributed by atoms with van der Waals surface area (Å²) < 4.78 is 0. The monoisotopic (exact) mass is 173 g/mol. The minimum atomic E-state index is 0.764. The Hall–Kier alpha value is 0.310. The van der Waals surface area contributed by atoms with Crippen molar-refractivity contribution in [2.45, 2.75) is 50.9 Å². The van der Waals surface area contributed by atoms with Crippen molar-refractivity contribution in [3.8, 4) is 0 Å². The summed E-state index contributed by atoms with van der Waals surface area (Å²) in [7, 11) is 0. The van der Waals surface area contributed by atoms with E-state index in [2.05, 4.69) is 30.9 Å². The van der Waals surface area contributed by atoms with E-state index < -0.39 is 0 Å². The van der Waals surface area contributed by atoms with Gasteiger partial charge in [-0.2, -0.15) is 0 Å². The first-order chi connectivity index (χ1) is 5.36. The van der Waals surface area contributed by atoms with E-state index in [4.69, 9.17) is 0 Å². The second kappa shape index (κ2) is 5.04. The standard InChI is InChI=1S/C9H19NS/c1-3-5-6-9-10-8(4-2)7-11-9/h8-10H,3-7H2,1-2H3. The van der Waals surface area contributed by atoms with Gasteiger partial charge in [-0.1, -0.05) is 26.7 Å². The molecular formula is C9H19NS. The Morgan fingerprint density at radius 3 is 2.82 bits per heavy atom. The van der Waals surface area contributed by atoms with Gasteiger partial charge < -0.3 is 5.32 Å². The zero-order valence-electron chi connectivity index (χ0n) is 7.60. The highest BCUT2D eigenvalue weighted by Gasteiger charge is 2.21. The highest BCUT2D eigenvalue weighted by atomic mass is 32.2. The van der Waals surface area contributed by atoms with Gasteiger partial charge in [0.05, 0.1) is 5.37 Å². The van der Waals surface area contributed by atoms with Crippen molar-refractivity contribution in [2.75, 3.05) is 5.75 Å². The molecular weight excluding hydrogens is 154 g/mol. The van der Waals surface area contributed by atoms with Gasteiger partial charge >= 0.3 is 0 Å². The minimum Gasteiger partial charge on any atom is -0.302 e. The van der Waals surface area contributed by atoms with E-state index in [1.54, 1.807) is 0 Å². The molecule has 0 saturated carbocycles. The summed E-state index contributed by atoms with van der Waals surface area (Å²) in [5.41, 5.74) is 0. The molecule has 0 aromatic heterocycles. The molecule has 2 unspecified atom stereocenters. The first-order valence-corrected chi connectivity index (χ1v) is 5.79. The summed E-state index contributed by atoms with van der Waals surface area (Å²) in [5.74, 6) is 1.32. The fraction of sp³-hybridized carbons (Fsp3) is 1.00. The number of rotatable bonds is 4. The number of nitrogens with one attached hydrogen (secondary N) is 1. The van der Waals surface area contributed by atoms with E-state index >= 15 is 0 Å². The molecule has 11 heavy (non-hydrogen) atoms. The van der Waals surface area contributed by atoms with Crippen LogP contribution in [0.1, 0.15) is 39.5 Å². The molecule has 2 atom stereocenters. The van der Waals surface area contributed by atoms with E-state index in [0.29, 0.717) is 0 Å². The molecule has 0 aromatic carbocycles. The maximum absolute atomic E-state index is 3.64. The lowest BCUT2D eigenvalue weighted by molar-refractivity contribution is 0.520. The highest BCUT2D eigenvalue weighted by molar-refractivity contribution is 8.00. The van der Waals surface area contributed by atoms with Gasteiger partial charge in [0.2, 0.25) is 0 Å². The number of hydrogen-bond acceptors (Lipinski definition) is 2. The van der Waals surface area contributed by atoms with Gasteiger partial charge in [-0.3, -0.25) is 0 Å². The summed E-state index contributed by atoms with van der Waals surface area (Å²) in [6.07, 6.45) is 5.35. The molecule has 1 rings (SSSR count). The Morgan fingerprint density at radius 1 is 1.45 bits per heavy atom.